The first-order chi connectivity index (χ1) is 15.9. The Bertz CT molecular complexity index is 894. The standard InChI is InChI=1S/C26H38N4O4/c1-18(2)16-22(27)25(32)33-23(8-7-9-24(31)34-26(4,5)6)19(3)10-11-20-12-14-21(15-13-20)17-29-30-28/h7,9-15,18-19,22-23H,8,16-17,27H2,1-6H3/b9-7+,11-10-/t19?,22-,23?/m0/s1. The van der Waals surface area contributed by atoms with Crippen LogP contribution in [0.25, 0.3) is 16.5 Å². The second-order valence-electron chi connectivity index (χ2n) is 9.73. The fraction of sp³-hybridized carbons (Fsp3) is 0.538. The van der Waals surface area contributed by atoms with Crippen LogP contribution in [0.3, 0.4) is 0 Å². The molecule has 1 aromatic rings. The number of ether oxygens (including phenoxy) is 2. The van der Waals surface area contributed by atoms with Crippen LogP contribution in [0, 0.1) is 11.8 Å². The summed E-state index contributed by atoms with van der Waals surface area (Å²) in [4.78, 5) is 27.3. The molecule has 0 aliphatic heterocycles. The van der Waals surface area contributed by atoms with E-state index in [4.69, 9.17) is 20.7 Å². The van der Waals surface area contributed by atoms with Gasteiger partial charge in [-0.1, -0.05) is 68.4 Å². The van der Waals surface area contributed by atoms with Crippen LogP contribution in [-0.2, 0) is 25.6 Å². The van der Waals surface area contributed by atoms with E-state index in [-0.39, 0.29) is 11.8 Å². The van der Waals surface area contributed by atoms with E-state index in [2.05, 4.69) is 10.0 Å². The zero-order valence-electron chi connectivity index (χ0n) is 21.1. The minimum atomic E-state index is -0.697. The highest BCUT2D eigenvalue weighted by Crippen LogP contribution is 2.18. The van der Waals surface area contributed by atoms with Crippen LogP contribution < -0.4 is 5.73 Å². The molecule has 0 heterocycles. The van der Waals surface area contributed by atoms with E-state index in [0.29, 0.717) is 19.4 Å². The summed E-state index contributed by atoms with van der Waals surface area (Å²) in [5.74, 6) is -0.765. The molecule has 0 radical (unpaired) electrons. The topological polar surface area (TPSA) is 127 Å². The molecule has 0 fully saturated rings. The number of benzene rings is 1. The Morgan fingerprint density at radius 2 is 1.82 bits per heavy atom. The van der Waals surface area contributed by atoms with Crippen LogP contribution >= 0.6 is 0 Å². The third-order valence-electron chi connectivity index (χ3n) is 4.80. The van der Waals surface area contributed by atoms with Crippen molar-refractivity contribution < 1.29 is 19.1 Å². The van der Waals surface area contributed by atoms with Gasteiger partial charge in [0.05, 0.1) is 6.54 Å². The van der Waals surface area contributed by atoms with Gasteiger partial charge in [0.2, 0.25) is 0 Å². The summed E-state index contributed by atoms with van der Waals surface area (Å²) in [5, 5.41) is 3.55. The van der Waals surface area contributed by atoms with Gasteiger partial charge >= 0.3 is 11.9 Å². The Morgan fingerprint density at radius 3 is 2.38 bits per heavy atom. The molecule has 0 aliphatic carbocycles. The van der Waals surface area contributed by atoms with E-state index < -0.39 is 29.7 Å². The summed E-state index contributed by atoms with van der Waals surface area (Å²) in [6.07, 6.45) is 7.30. The van der Waals surface area contributed by atoms with E-state index >= 15 is 0 Å². The summed E-state index contributed by atoms with van der Waals surface area (Å²) < 4.78 is 11.0. The molecule has 34 heavy (non-hydrogen) atoms. The van der Waals surface area contributed by atoms with Crippen LogP contribution in [0.5, 0.6) is 0 Å². The molecule has 8 nitrogen and oxygen atoms in total. The fourth-order valence-corrected chi connectivity index (χ4v) is 3.08. The van der Waals surface area contributed by atoms with E-state index in [9.17, 15) is 9.59 Å². The van der Waals surface area contributed by atoms with E-state index in [1.807, 2.05) is 57.2 Å². The maximum Gasteiger partial charge on any atom is 0.330 e. The zero-order chi connectivity index (χ0) is 25.7. The maximum absolute atomic E-state index is 12.6. The molecular weight excluding hydrogens is 432 g/mol. The average Bonchev–Trinajstić information content (AvgIpc) is 2.74. The van der Waals surface area contributed by atoms with Crippen LogP contribution in [0.2, 0.25) is 0 Å². The molecule has 0 bridgehead atoms. The highest BCUT2D eigenvalue weighted by Gasteiger charge is 2.24. The summed E-state index contributed by atoms with van der Waals surface area (Å²) in [7, 11) is 0. The molecule has 0 saturated carbocycles. The van der Waals surface area contributed by atoms with Crippen molar-refractivity contribution in [3.8, 4) is 0 Å². The lowest BCUT2D eigenvalue weighted by atomic mass is 9.99. The van der Waals surface area contributed by atoms with Gasteiger partial charge < -0.3 is 15.2 Å². The Balaban J connectivity index is 2.91. The first-order valence-corrected chi connectivity index (χ1v) is 11.5. The number of hydrogen-bond donors (Lipinski definition) is 1. The van der Waals surface area contributed by atoms with Crippen LogP contribution in [-0.4, -0.2) is 29.7 Å². The van der Waals surface area contributed by atoms with Crippen LogP contribution in [0.15, 0.2) is 47.6 Å². The number of nitrogens with two attached hydrogens (primary N) is 1. The zero-order valence-corrected chi connectivity index (χ0v) is 21.1. The van der Waals surface area contributed by atoms with E-state index in [1.54, 1.807) is 26.8 Å². The van der Waals surface area contributed by atoms with Gasteiger partial charge in [0.1, 0.15) is 17.7 Å². The normalized spacial score (nSPS) is 14.6. The van der Waals surface area contributed by atoms with Gasteiger partial charge in [0.15, 0.2) is 0 Å². The molecule has 0 spiro atoms. The van der Waals surface area contributed by atoms with Gasteiger partial charge in [-0.15, -0.1) is 0 Å². The summed E-state index contributed by atoms with van der Waals surface area (Å²) in [6, 6.07) is 6.94. The van der Waals surface area contributed by atoms with Crippen molar-refractivity contribution in [3.63, 3.8) is 0 Å². The lowest BCUT2D eigenvalue weighted by Crippen LogP contribution is -2.37. The predicted octanol–water partition coefficient (Wildman–Crippen LogP) is 5.72. The average molecular weight is 471 g/mol. The minimum Gasteiger partial charge on any atom is -0.460 e. The highest BCUT2D eigenvalue weighted by atomic mass is 16.6. The molecule has 186 valence electrons. The molecule has 3 atom stereocenters. The second kappa shape index (κ2) is 14.2. The SMILES string of the molecule is CC(C)C[C@H](N)C(=O)OC(C/C=C/C(=O)OC(C)(C)C)C(C)/C=C\c1ccc(CN=[N+]=[N-])cc1. The number of esters is 2. The van der Waals surface area contributed by atoms with Gasteiger partial charge in [-0.05, 0) is 49.8 Å². The highest BCUT2D eigenvalue weighted by molar-refractivity contribution is 5.82. The Hall–Kier alpha value is -3.09. The molecule has 0 aliphatic rings. The molecule has 8 heteroatoms. The number of hydrogen-bond acceptors (Lipinski definition) is 6. The number of carbonyl (C=O) groups excluding carboxylic acids is 2. The fourth-order valence-electron chi connectivity index (χ4n) is 3.08. The van der Waals surface area contributed by atoms with Crippen molar-refractivity contribution in [2.75, 3.05) is 0 Å². The number of azide groups is 1. The molecule has 1 rings (SSSR count). The lowest BCUT2D eigenvalue weighted by molar-refractivity contribution is -0.152. The maximum atomic E-state index is 12.6. The first-order valence-electron chi connectivity index (χ1n) is 11.5. The minimum absolute atomic E-state index is 0.138. The van der Waals surface area contributed by atoms with E-state index in [1.165, 1.54) is 6.08 Å². The smallest absolute Gasteiger partial charge is 0.330 e. The molecule has 2 unspecified atom stereocenters. The Morgan fingerprint density at radius 1 is 1.18 bits per heavy atom. The molecule has 2 N–H and O–H groups in total. The Kier molecular flexibility index (Phi) is 12.1. The molecule has 1 aromatic carbocycles. The van der Waals surface area contributed by atoms with Crippen LogP contribution in [0.1, 0.15) is 65.5 Å². The molecule has 0 aromatic heterocycles. The van der Waals surface area contributed by atoms with Gasteiger partial charge in [0, 0.05) is 23.3 Å². The van der Waals surface area contributed by atoms with Crippen molar-refractivity contribution in [1.29, 1.82) is 0 Å². The van der Waals surface area contributed by atoms with Crippen molar-refractivity contribution >= 4 is 18.0 Å². The molecule has 0 saturated heterocycles. The van der Waals surface area contributed by atoms with Gasteiger partial charge in [0.25, 0.3) is 0 Å². The monoisotopic (exact) mass is 470 g/mol. The summed E-state index contributed by atoms with van der Waals surface area (Å²) in [5.41, 5.74) is 15.7. The van der Waals surface area contributed by atoms with Crippen LogP contribution in [0.4, 0.5) is 0 Å². The number of rotatable bonds is 12. The Labute approximate surface area is 202 Å². The summed E-state index contributed by atoms with van der Waals surface area (Å²) >= 11 is 0. The van der Waals surface area contributed by atoms with Gasteiger partial charge in [-0.25, -0.2) is 4.79 Å². The third-order valence-corrected chi connectivity index (χ3v) is 4.80. The van der Waals surface area contributed by atoms with Crippen molar-refractivity contribution in [1.82, 2.24) is 0 Å². The van der Waals surface area contributed by atoms with Crippen molar-refractivity contribution in [3.05, 3.63) is 64.1 Å². The number of nitrogens with zero attached hydrogens (tertiary/aromatic N) is 3. The van der Waals surface area contributed by atoms with Crippen molar-refractivity contribution in [2.45, 2.75) is 78.7 Å². The van der Waals surface area contributed by atoms with Crippen molar-refractivity contribution in [2.24, 2.45) is 22.7 Å². The second-order valence-corrected chi connectivity index (χ2v) is 9.73. The third kappa shape index (κ3) is 12.2. The molecule has 0 amide bonds. The van der Waals surface area contributed by atoms with Gasteiger partial charge in [-0.2, -0.15) is 0 Å². The first kappa shape index (κ1) is 28.9. The lowest BCUT2D eigenvalue weighted by Gasteiger charge is -2.23. The largest absolute Gasteiger partial charge is 0.460 e. The molecular formula is C26H38N4O4. The predicted molar refractivity (Wildman–Crippen MR) is 134 cm³/mol. The quantitative estimate of drug-likeness (QED) is 0.137. The van der Waals surface area contributed by atoms with Gasteiger partial charge in [-0.3, -0.25) is 4.79 Å². The summed E-state index contributed by atoms with van der Waals surface area (Å²) in [6.45, 7) is 11.6. The van der Waals surface area contributed by atoms with E-state index in [0.717, 1.165) is 11.1 Å². The number of carbonyl (C=O) groups is 2.